The van der Waals surface area contributed by atoms with Crippen LogP contribution in [0.1, 0.15) is 21.5 Å². The van der Waals surface area contributed by atoms with E-state index in [0.717, 1.165) is 23.9 Å². The predicted molar refractivity (Wildman–Crippen MR) is 104 cm³/mol. The molecule has 28 heavy (non-hydrogen) atoms. The minimum Gasteiger partial charge on any atom is -0.481 e. The van der Waals surface area contributed by atoms with Gasteiger partial charge in [-0.05, 0) is 60.5 Å². The Morgan fingerprint density at radius 1 is 1.07 bits per heavy atom. The van der Waals surface area contributed by atoms with E-state index in [1.54, 1.807) is 6.92 Å². The van der Waals surface area contributed by atoms with Gasteiger partial charge in [0.25, 0.3) is 0 Å². The molecule has 2 aromatic carbocycles. The Labute approximate surface area is 173 Å². The molecule has 0 bridgehead atoms. The maximum absolute atomic E-state index is 13.5. The smallest absolute Gasteiger partial charge is 0.417 e. The maximum atomic E-state index is 13.5. The molecule has 148 valence electrons. The third kappa shape index (κ3) is 6.02. The SMILES string of the molecule is Cc1cc(C(=O)C=C(c2cc(Cl)cc(Cl)c2)C(F)(F)F)ccc1SCC(=O)O. The van der Waals surface area contributed by atoms with Crippen molar-refractivity contribution >= 4 is 52.3 Å². The van der Waals surface area contributed by atoms with Crippen LogP contribution in [0.3, 0.4) is 0 Å². The summed E-state index contributed by atoms with van der Waals surface area (Å²) in [6.45, 7) is 1.64. The number of carboxylic acid groups (broad SMARTS) is 1. The summed E-state index contributed by atoms with van der Waals surface area (Å²) in [7, 11) is 0. The molecule has 3 nitrogen and oxygen atoms in total. The van der Waals surface area contributed by atoms with Crippen LogP contribution in [-0.4, -0.2) is 28.8 Å². The van der Waals surface area contributed by atoms with Gasteiger partial charge in [0.1, 0.15) is 0 Å². The molecule has 2 rings (SSSR count). The van der Waals surface area contributed by atoms with Gasteiger partial charge in [0.2, 0.25) is 0 Å². The number of alkyl halides is 3. The fraction of sp³-hybridized carbons (Fsp3) is 0.158. The highest BCUT2D eigenvalue weighted by Crippen LogP contribution is 2.36. The van der Waals surface area contributed by atoms with Gasteiger partial charge in [-0.25, -0.2) is 0 Å². The predicted octanol–water partition coefficient (Wildman–Crippen LogP) is 6.31. The molecule has 0 fully saturated rings. The highest BCUT2D eigenvalue weighted by atomic mass is 35.5. The number of hydrogen-bond acceptors (Lipinski definition) is 3. The van der Waals surface area contributed by atoms with E-state index in [9.17, 15) is 22.8 Å². The molecule has 0 spiro atoms. The van der Waals surface area contributed by atoms with E-state index in [1.807, 2.05) is 0 Å². The summed E-state index contributed by atoms with van der Waals surface area (Å²) in [6, 6.07) is 7.73. The Hall–Kier alpha value is -1.96. The Bertz CT molecular complexity index is 936. The molecule has 0 aliphatic rings. The molecular formula is C19H13Cl2F3O3S. The van der Waals surface area contributed by atoms with Crippen LogP contribution in [-0.2, 0) is 4.79 Å². The van der Waals surface area contributed by atoms with Gasteiger partial charge in [0, 0.05) is 20.5 Å². The van der Waals surface area contributed by atoms with Crippen LogP contribution < -0.4 is 0 Å². The maximum Gasteiger partial charge on any atom is 0.417 e. The minimum atomic E-state index is -4.80. The van der Waals surface area contributed by atoms with Gasteiger partial charge in [-0.15, -0.1) is 11.8 Å². The quantitative estimate of drug-likeness (QED) is 0.319. The van der Waals surface area contributed by atoms with E-state index >= 15 is 0 Å². The Kier molecular flexibility index (Phi) is 7.20. The molecule has 0 aliphatic carbocycles. The van der Waals surface area contributed by atoms with Gasteiger partial charge in [-0.1, -0.05) is 23.2 Å². The second kappa shape index (κ2) is 9.03. The Morgan fingerprint density at radius 2 is 1.68 bits per heavy atom. The lowest BCUT2D eigenvalue weighted by atomic mass is 10.0. The van der Waals surface area contributed by atoms with Crippen molar-refractivity contribution in [2.75, 3.05) is 5.75 Å². The number of carbonyl (C=O) groups is 2. The number of ketones is 1. The summed E-state index contributed by atoms with van der Waals surface area (Å²) < 4.78 is 40.5. The lowest BCUT2D eigenvalue weighted by Gasteiger charge is -2.13. The number of halogens is 5. The minimum absolute atomic E-state index is 0.0146. The second-order valence-corrected chi connectivity index (χ2v) is 7.63. The van der Waals surface area contributed by atoms with E-state index in [1.165, 1.54) is 24.3 Å². The van der Waals surface area contributed by atoms with E-state index in [-0.39, 0.29) is 26.9 Å². The zero-order valence-electron chi connectivity index (χ0n) is 14.3. The molecule has 0 amide bonds. The van der Waals surface area contributed by atoms with E-state index in [4.69, 9.17) is 28.3 Å². The van der Waals surface area contributed by atoms with Gasteiger partial charge in [0.05, 0.1) is 11.3 Å². The summed E-state index contributed by atoms with van der Waals surface area (Å²) >= 11 is 12.6. The zero-order valence-corrected chi connectivity index (χ0v) is 16.6. The number of aryl methyl sites for hydroxylation is 1. The first-order valence-electron chi connectivity index (χ1n) is 7.72. The summed E-state index contributed by atoms with van der Waals surface area (Å²) in [6.07, 6.45) is -4.29. The monoisotopic (exact) mass is 448 g/mol. The summed E-state index contributed by atoms with van der Waals surface area (Å²) in [5, 5.41) is 8.75. The number of aliphatic carboxylic acids is 1. The number of carbonyl (C=O) groups excluding carboxylic acids is 1. The molecular weight excluding hydrogens is 436 g/mol. The van der Waals surface area contributed by atoms with Gasteiger partial charge in [0.15, 0.2) is 5.78 Å². The van der Waals surface area contributed by atoms with Crippen LogP contribution in [0.15, 0.2) is 47.4 Å². The van der Waals surface area contributed by atoms with E-state index in [0.29, 0.717) is 16.5 Å². The van der Waals surface area contributed by atoms with E-state index < -0.39 is 23.5 Å². The number of rotatable bonds is 6. The van der Waals surface area contributed by atoms with Crippen LogP contribution in [0.5, 0.6) is 0 Å². The van der Waals surface area contributed by atoms with Crippen molar-refractivity contribution in [3.05, 3.63) is 69.2 Å². The van der Waals surface area contributed by atoms with Gasteiger partial charge < -0.3 is 5.11 Å². The average molecular weight is 449 g/mol. The number of allylic oxidation sites excluding steroid dienone is 2. The van der Waals surface area contributed by atoms with Crippen molar-refractivity contribution in [2.45, 2.75) is 18.0 Å². The average Bonchev–Trinajstić information content (AvgIpc) is 2.56. The fourth-order valence-corrected chi connectivity index (χ4v) is 3.61. The topological polar surface area (TPSA) is 54.4 Å². The molecule has 0 saturated heterocycles. The lowest BCUT2D eigenvalue weighted by molar-refractivity contribution is -0.133. The normalized spacial score (nSPS) is 12.1. The number of hydrogen-bond donors (Lipinski definition) is 1. The van der Waals surface area contributed by atoms with Crippen molar-refractivity contribution < 1.29 is 27.9 Å². The molecule has 1 N–H and O–H groups in total. The molecule has 0 aromatic heterocycles. The summed E-state index contributed by atoms with van der Waals surface area (Å²) in [4.78, 5) is 23.7. The highest BCUT2D eigenvalue weighted by molar-refractivity contribution is 8.00. The van der Waals surface area contributed by atoms with Crippen molar-refractivity contribution in [3.8, 4) is 0 Å². The molecule has 9 heteroatoms. The first-order valence-corrected chi connectivity index (χ1v) is 9.46. The largest absolute Gasteiger partial charge is 0.481 e. The molecule has 2 aromatic rings. The molecule has 0 saturated carbocycles. The molecule has 0 radical (unpaired) electrons. The van der Waals surface area contributed by atoms with Crippen LogP contribution in [0.25, 0.3) is 5.57 Å². The van der Waals surface area contributed by atoms with E-state index in [2.05, 4.69) is 0 Å². The number of benzene rings is 2. The molecule has 0 heterocycles. The van der Waals surface area contributed by atoms with Crippen molar-refractivity contribution in [1.82, 2.24) is 0 Å². The standard InChI is InChI=1S/C19H13Cl2F3O3S/c1-10-4-11(2-3-17(10)28-9-18(26)27)16(25)8-15(19(22,23)24)12-5-13(20)7-14(21)6-12/h2-8H,9H2,1H3,(H,26,27). The Morgan fingerprint density at radius 3 is 2.18 bits per heavy atom. The van der Waals surface area contributed by atoms with Gasteiger partial charge in [-0.2, -0.15) is 13.2 Å². The molecule has 0 aliphatic heterocycles. The highest BCUT2D eigenvalue weighted by Gasteiger charge is 2.35. The molecule has 0 atom stereocenters. The molecule has 0 unspecified atom stereocenters. The zero-order chi connectivity index (χ0) is 21.1. The first-order chi connectivity index (χ1) is 13.0. The van der Waals surface area contributed by atoms with Gasteiger partial charge >= 0.3 is 12.1 Å². The van der Waals surface area contributed by atoms with Crippen LogP contribution in [0.2, 0.25) is 10.0 Å². The van der Waals surface area contributed by atoms with Crippen molar-refractivity contribution in [1.29, 1.82) is 0 Å². The second-order valence-electron chi connectivity index (χ2n) is 5.74. The number of thioether (sulfide) groups is 1. The number of carboxylic acids is 1. The first kappa shape index (κ1) is 22.3. The van der Waals surface area contributed by atoms with Crippen LogP contribution >= 0.6 is 35.0 Å². The third-order valence-electron chi connectivity index (χ3n) is 3.56. The van der Waals surface area contributed by atoms with Crippen molar-refractivity contribution in [2.24, 2.45) is 0 Å². The Balaban J connectivity index is 2.40. The van der Waals surface area contributed by atoms with Crippen molar-refractivity contribution in [3.63, 3.8) is 0 Å². The lowest BCUT2D eigenvalue weighted by Crippen LogP contribution is -2.13. The third-order valence-corrected chi connectivity index (χ3v) is 5.16. The summed E-state index contributed by atoms with van der Waals surface area (Å²) in [5.41, 5.74) is -0.843. The summed E-state index contributed by atoms with van der Waals surface area (Å²) in [5.74, 6) is -2.01. The van der Waals surface area contributed by atoms with Crippen LogP contribution in [0.4, 0.5) is 13.2 Å². The van der Waals surface area contributed by atoms with Gasteiger partial charge in [-0.3, -0.25) is 9.59 Å². The van der Waals surface area contributed by atoms with Crippen LogP contribution in [0, 0.1) is 6.92 Å². The fourth-order valence-electron chi connectivity index (χ4n) is 2.36.